The van der Waals surface area contributed by atoms with Crippen molar-refractivity contribution in [3.63, 3.8) is 0 Å². The van der Waals surface area contributed by atoms with E-state index in [2.05, 4.69) is 66.1 Å². The van der Waals surface area contributed by atoms with Crippen molar-refractivity contribution < 1.29 is 4.42 Å². The van der Waals surface area contributed by atoms with Crippen LogP contribution in [0.25, 0.3) is 61.1 Å². The number of hydrogen-bond donors (Lipinski definition) is 0. The second-order valence-electron chi connectivity index (χ2n) is 8.69. The van der Waals surface area contributed by atoms with Gasteiger partial charge in [0.25, 0.3) is 0 Å². The maximum absolute atomic E-state index is 6.04. The molecule has 7 aromatic rings. The molecule has 5 heteroatoms. The van der Waals surface area contributed by atoms with Gasteiger partial charge in [0.1, 0.15) is 17.0 Å². The SMILES string of the molecule is Cc1ccc2oc3ccc(-c4nc(C)nc(-n5c6ccccc6c6ccccc65)n4)cc3c2c1. The largest absolute Gasteiger partial charge is 0.456 e. The van der Waals surface area contributed by atoms with Crippen LogP contribution < -0.4 is 0 Å². The summed E-state index contributed by atoms with van der Waals surface area (Å²) in [5.74, 6) is 1.94. The lowest BCUT2D eigenvalue weighted by atomic mass is 10.1. The Morgan fingerprint density at radius 2 is 1.26 bits per heavy atom. The van der Waals surface area contributed by atoms with E-state index in [1.165, 1.54) is 16.3 Å². The van der Waals surface area contributed by atoms with Crippen molar-refractivity contribution in [2.75, 3.05) is 0 Å². The molecule has 0 spiro atoms. The molecule has 162 valence electrons. The van der Waals surface area contributed by atoms with Crippen molar-refractivity contribution >= 4 is 43.7 Å². The molecule has 0 unspecified atom stereocenters. The minimum absolute atomic E-state index is 0.618. The Morgan fingerprint density at radius 1 is 0.618 bits per heavy atom. The van der Waals surface area contributed by atoms with Gasteiger partial charge in [0.05, 0.1) is 11.0 Å². The van der Waals surface area contributed by atoms with Crippen LogP contribution in [0.3, 0.4) is 0 Å². The quantitative estimate of drug-likeness (QED) is 0.286. The molecule has 0 radical (unpaired) electrons. The van der Waals surface area contributed by atoms with Gasteiger partial charge in [-0.1, -0.05) is 48.0 Å². The van der Waals surface area contributed by atoms with Crippen LogP contribution >= 0.6 is 0 Å². The molecule has 0 fully saturated rings. The van der Waals surface area contributed by atoms with Gasteiger partial charge >= 0.3 is 0 Å². The van der Waals surface area contributed by atoms with E-state index < -0.39 is 0 Å². The second kappa shape index (κ2) is 6.99. The van der Waals surface area contributed by atoms with Gasteiger partial charge in [-0.05, 0) is 56.3 Å². The average Bonchev–Trinajstić information content (AvgIpc) is 3.38. The summed E-state index contributed by atoms with van der Waals surface area (Å²) in [4.78, 5) is 14.4. The molecule has 0 N–H and O–H groups in total. The number of benzene rings is 4. The Kier molecular flexibility index (Phi) is 3.91. The summed E-state index contributed by atoms with van der Waals surface area (Å²) in [7, 11) is 0. The van der Waals surface area contributed by atoms with Gasteiger partial charge in [0.2, 0.25) is 5.95 Å². The summed E-state index contributed by atoms with van der Waals surface area (Å²) in [6, 6.07) is 29.1. The van der Waals surface area contributed by atoms with Crippen LogP contribution in [0, 0.1) is 13.8 Å². The number of aryl methyl sites for hydroxylation is 2. The Bertz CT molecular complexity index is 1840. The van der Waals surface area contributed by atoms with Crippen LogP contribution in [0.15, 0.2) is 89.3 Å². The van der Waals surface area contributed by atoms with E-state index in [4.69, 9.17) is 19.4 Å². The number of nitrogens with zero attached hydrogens (tertiary/aromatic N) is 4. The van der Waals surface area contributed by atoms with E-state index in [9.17, 15) is 0 Å². The highest BCUT2D eigenvalue weighted by Crippen LogP contribution is 2.34. The van der Waals surface area contributed by atoms with Gasteiger partial charge in [-0.15, -0.1) is 0 Å². The molecule has 4 aromatic carbocycles. The average molecular weight is 441 g/mol. The van der Waals surface area contributed by atoms with E-state index >= 15 is 0 Å². The van der Waals surface area contributed by atoms with E-state index in [-0.39, 0.29) is 0 Å². The van der Waals surface area contributed by atoms with E-state index in [0.29, 0.717) is 17.6 Å². The Balaban J connectivity index is 1.48. The van der Waals surface area contributed by atoms with Crippen LogP contribution in [0.4, 0.5) is 0 Å². The molecule has 0 saturated heterocycles. The predicted octanol–water partition coefficient (Wildman–Crippen LogP) is 7.15. The van der Waals surface area contributed by atoms with Crippen molar-refractivity contribution in [3.8, 4) is 17.3 Å². The first-order valence-corrected chi connectivity index (χ1v) is 11.3. The van der Waals surface area contributed by atoms with Crippen LogP contribution in [0.2, 0.25) is 0 Å². The van der Waals surface area contributed by atoms with Crippen LogP contribution in [-0.2, 0) is 0 Å². The topological polar surface area (TPSA) is 56.7 Å². The maximum atomic E-state index is 6.04. The molecule has 0 bridgehead atoms. The van der Waals surface area contributed by atoms with E-state index in [1.54, 1.807) is 0 Å². The van der Waals surface area contributed by atoms with E-state index in [1.807, 2.05) is 37.3 Å². The van der Waals surface area contributed by atoms with Crippen molar-refractivity contribution in [2.24, 2.45) is 0 Å². The molecular formula is C29H20N4O. The molecule has 3 aromatic heterocycles. The van der Waals surface area contributed by atoms with Crippen LogP contribution in [-0.4, -0.2) is 19.5 Å². The van der Waals surface area contributed by atoms with Gasteiger partial charge in [-0.2, -0.15) is 9.97 Å². The molecule has 5 nitrogen and oxygen atoms in total. The van der Waals surface area contributed by atoms with Crippen molar-refractivity contribution in [2.45, 2.75) is 13.8 Å². The van der Waals surface area contributed by atoms with Crippen molar-refractivity contribution in [3.05, 3.63) is 96.3 Å². The molecule has 0 saturated carbocycles. The van der Waals surface area contributed by atoms with Crippen LogP contribution in [0.5, 0.6) is 0 Å². The summed E-state index contributed by atoms with van der Waals surface area (Å²) in [5, 5.41) is 4.52. The fourth-order valence-corrected chi connectivity index (χ4v) is 4.87. The number of para-hydroxylation sites is 2. The molecule has 0 atom stereocenters. The lowest BCUT2D eigenvalue weighted by Crippen LogP contribution is -2.06. The first-order chi connectivity index (χ1) is 16.7. The summed E-state index contributed by atoms with van der Waals surface area (Å²) >= 11 is 0. The Hall–Kier alpha value is -4.51. The molecular weight excluding hydrogens is 420 g/mol. The number of aromatic nitrogens is 4. The second-order valence-corrected chi connectivity index (χ2v) is 8.69. The highest BCUT2D eigenvalue weighted by molar-refractivity contribution is 6.09. The standard InChI is InChI=1S/C29H20N4O/c1-17-11-13-26-22(15-17)23-16-19(12-14-27(23)34-26)28-30-18(2)31-29(32-28)33-24-9-5-3-7-20(24)21-8-4-6-10-25(21)33/h3-16H,1-2H3. The molecule has 0 aliphatic heterocycles. The number of fused-ring (bicyclic) bond motifs is 6. The first kappa shape index (κ1) is 19.0. The zero-order chi connectivity index (χ0) is 22.8. The van der Waals surface area contributed by atoms with Crippen LogP contribution in [0.1, 0.15) is 11.4 Å². The Labute approximate surface area is 195 Å². The molecule has 0 aliphatic rings. The number of hydrogen-bond acceptors (Lipinski definition) is 4. The van der Waals surface area contributed by atoms with Gasteiger partial charge in [-0.3, -0.25) is 4.57 Å². The van der Waals surface area contributed by atoms with Gasteiger partial charge in [0, 0.05) is 27.1 Å². The summed E-state index contributed by atoms with van der Waals surface area (Å²) < 4.78 is 8.17. The minimum atomic E-state index is 0.618. The fraction of sp³-hybridized carbons (Fsp3) is 0.0690. The van der Waals surface area contributed by atoms with Gasteiger partial charge in [-0.25, -0.2) is 4.98 Å². The third kappa shape index (κ3) is 2.77. The lowest BCUT2D eigenvalue weighted by Gasteiger charge is -2.09. The molecule has 3 heterocycles. The van der Waals surface area contributed by atoms with Gasteiger partial charge in [0.15, 0.2) is 5.82 Å². The number of rotatable bonds is 2. The summed E-state index contributed by atoms with van der Waals surface area (Å²) in [6.07, 6.45) is 0. The van der Waals surface area contributed by atoms with Crippen molar-refractivity contribution in [1.82, 2.24) is 19.5 Å². The minimum Gasteiger partial charge on any atom is -0.456 e. The third-order valence-electron chi connectivity index (χ3n) is 6.40. The lowest BCUT2D eigenvalue weighted by molar-refractivity contribution is 0.669. The zero-order valence-corrected chi connectivity index (χ0v) is 18.8. The first-order valence-electron chi connectivity index (χ1n) is 11.3. The van der Waals surface area contributed by atoms with E-state index in [0.717, 1.165) is 38.5 Å². The van der Waals surface area contributed by atoms with Crippen molar-refractivity contribution in [1.29, 1.82) is 0 Å². The summed E-state index contributed by atoms with van der Waals surface area (Å²) in [6.45, 7) is 4.01. The normalized spacial score (nSPS) is 11.8. The smallest absolute Gasteiger partial charge is 0.238 e. The molecule has 34 heavy (non-hydrogen) atoms. The third-order valence-corrected chi connectivity index (χ3v) is 6.40. The zero-order valence-electron chi connectivity index (χ0n) is 18.8. The fourth-order valence-electron chi connectivity index (χ4n) is 4.87. The maximum Gasteiger partial charge on any atom is 0.238 e. The Morgan fingerprint density at radius 3 is 2.00 bits per heavy atom. The monoisotopic (exact) mass is 440 g/mol. The molecule has 7 rings (SSSR count). The molecule has 0 aliphatic carbocycles. The summed E-state index contributed by atoms with van der Waals surface area (Å²) in [5.41, 5.74) is 6.03. The molecule has 0 amide bonds. The highest BCUT2D eigenvalue weighted by atomic mass is 16.3. The number of furan rings is 1. The van der Waals surface area contributed by atoms with Gasteiger partial charge < -0.3 is 4.42 Å². The predicted molar refractivity (Wildman–Crippen MR) is 136 cm³/mol. The highest BCUT2D eigenvalue weighted by Gasteiger charge is 2.16.